The topological polar surface area (TPSA) is 65.5 Å². The predicted octanol–water partition coefficient (Wildman–Crippen LogP) is 1.76. The van der Waals surface area contributed by atoms with Gasteiger partial charge in [0.1, 0.15) is 5.01 Å². The highest BCUT2D eigenvalue weighted by Crippen LogP contribution is 2.41. The number of carbonyl (C=O) groups is 1. The summed E-state index contributed by atoms with van der Waals surface area (Å²) < 4.78 is 0. The smallest absolute Gasteiger partial charge is 0.318 e. The van der Waals surface area contributed by atoms with E-state index in [2.05, 4.69) is 10.3 Å². The van der Waals surface area contributed by atoms with Crippen LogP contribution in [0.5, 0.6) is 0 Å². The summed E-state index contributed by atoms with van der Waals surface area (Å²) in [6.07, 6.45) is 6.22. The molecule has 0 unspecified atom stereocenters. The van der Waals surface area contributed by atoms with Gasteiger partial charge in [0.2, 0.25) is 0 Å². The Morgan fingerprint density at radius 2 is 2.32 bits per heavy atom. The molecule has 1 aromatic heterocycles. The summed E-state index contributed by atoms with van der Waals surface area (Å²) in [7, 11) is 0. The Labute approximate surface area is 116 Å². The van der Waals surface area contributed by atoms with Crippen LogP contribution in [-0.4, -0.2) is 40.2 Å². The molecule has 104 valence electrons. The van der Waals surface area contributed by atoms with Gasteiger partial charge in [-0.15, -0.1) is 11.3 Å². The summed E-state index contributed by atoms with van der Waals surface area (Å²) in [6, 6.07) is 0.319. The number of aliphatic hydroxyl groups excluding tert-OH is 1. The van der Waals surface area contributed by atoms with Gasteiger partial charge in [0.05, 0.1) is 12.6 Å². The van der Waals surface area contributed by atoms with Crippen molar-refractivity contribution in [2.45, 2.75) is 37.8 Å². The lowest BCUT2D eigenvalue weighted by Gasteiger charge is -2.25. The number of nitrogens with zero attached hydrogens (tertiary/aromatic N) is 2. The maximum absolute atomic E-state index is 12.3. The van der Waals surface area contributed by atoms with Gasteiger partial charge in [0, 0.05) is 24.2 Å². The van der Waals surface area contributed by atoms with Crippen LogP contribution in [0.1, 0.15) is 36.7 Å². The van der Waals surface area contributed by atoms with Crippen molar-refractivity contribution >= 4 is 17.4 Å². The van der Waals surface area contributed by atoms with Crippen LogP contribution >= 0.6 is 11.3 Å². The third kappa shape index (κ3) is 3.06. The number of nitrogens with one attached hydrogen (secondary N) is 1. The van der Waals surface area contributed by atoms with Gasteiger partial charge in [-0.05, 0) is 31.6 Å². The molecule has 3 rings (SSSR count). The first-order valence-electron chi connectivity index (χ1n) is 6.87. The second kappa shape index (κ2) is 5.46. The highest BCUT2D eigenvalue weighted by atomic mass is 32.1. The summed E-state index contributed by atoms with van der Waals surface area (Å²) in [5, 5.41) is 15.1. The van der Waals surface area contributed by atoms with E-state index in [0.717, 1.165) is 30.7 Å². The standard InChI is InChI=1S/C13H19N3O2S/c17-7-6-16(10-3-4-10)13(18)15-11(9-1-2-9)12-14-5-8-19-12/h5,8-11,17H,1-4,6-7H2,(H,15,18)/t11-/m1/s1. The van der Waals surface area contributed by atoms with E-state index >= 15 is 0 Å². The van der Waals surface area contributed by atoms with Crippen LogP contribution < -0.4 is 5.32 Å². The third-order valence-electron chi connectivity index (χ3n) is 3.68. The van der Waals surface area contributed by atoms with Crippen molar-refractivity contribution < 1.29 is 9.90 Å². The summed E-state index contributed by atoms with van der Waals surface area (Å²) in [6.45, 7) is 0.445. The number of hydrogen-bond acceptors (Lipinski definition) is 4. The van der Waals surface area contributed by atoms with Crippen LogP contribution in [-0.2, 0) is 0 Å². The van der Waals surface area contributed by atoms with Crippen molar-refractivity contribution in [3.05, 3.63) is 16.6 Å². The molecule has 1 aromatic rings. The molecule has 2 amide bonds. The molecule has 2 aliphatic carbocycles. The predicted molar refractivity (Wildman–Crippen MR) is 72.9 cm³/mol. The van der Waals surface area contributed by atoms with Gasteiger partial charge in [0.15, 0.2) is 0 Å². The molecule has 0 aliphatic heterocycles. The van der Waals surface area contributed by atoms with Crippen LogP contribution in [0, 0.1) is 5.92 Å². The largest absolute Gasteiger partial charge is 0.395 e. The second-order valence-electron chi connectivity index (χ2n) is 5.28. The van der Waals surface area contributed by atoms with Crippen LogP contribution in [0.3, 0.4) is 0 Å². The summed E-state index contributed by atoms with van der Waals surface area (Å²) in [5.74, 6) is 0.533. The van der Waals surface area contributed by atoms with Crippen molar-refractivity contribution in [2.24, 2.45) is 5.92 Å². The molecule has 19 heavy (non-hydrogen) atoms. The lowest BCUT2D eigenvalue weighted by molar-refractivity contribution is 0.169. The number of amides is 2. The molecule has 0 saturated heterocycles. The van der Waals surface area contributed by atoms with Gasteiger partial charge in [0.25, 0.3) is 0 Å². The number of aromatic nitrogens is 1. The number of hydrogen-bond donors (Lipinski definition) is 2. The minimum Gasteiger partial charge on any atom is -0.395 e. The number of carbonyl (C=O) groups excluding carboxylic acids is 1. The average Bonchev–Trinajstić information content (AvgIpc) is 3.32. The zero-order valence-corrected chi connectivity index (χ0v) is 11.6. The van der Waals surface area contributed by atoms with Crippen molar-refractivity contribution in [3.63, 3.8) is 0 Å². The highest BCUT2D eigenvalue weighted by Gasteiger charge is 2.38. The Morgan fingerprint density at radius 3 is 2.84 bits per heavy atom. The maximum atomic E-state index is 12.3. The van der Waals surface area contributed by atoms with Crippen LogP contribution in [0.4, 0.5) is 4.79 Å². The Morgan fingerprint density at radius 1 is 1.53 bits per heavy atom. The minimum absolute atomic E-state index is 0.0231. The van der Waals surface area contributed by atoms with Crippen molar-refractivity contribution in [1.29, 1.82) is 0 Å². The zero-order valence-electron chi connectivity index (χ0n) is 10.8. The van der Waals surface area contributed by atoms with Crippen molar-refractivity contribution in [1.82, 2.24) is 15.2 Å². The van der Waals surface area contributed by atoms with E-state index in [9.17, 15) is 4.79 Å². The second-order valence-corrected chi connectivity index (χ2v) is 6.21. The molecule has 0 radical (unpaired) electrons. The molecular formula is C13H19N3O2S. The molecule has 5 nitrogen and oxygen atoms in total. The fourth-order valence-electron chi connectivity index (χ4n) is 2.36. The third-order valence-corrected chi connectivity index (χ3v) is 4.54. The summed E-state index contributed by atoms with van der Waals surface area (Å²) in [4.78, 5) is 18.4. The lowest BCUT2D eigenvalue weighted by Crippen LogP contribution is -2.44. The van der Waals surface area contributed by atoms with Gasteiger partial charge in [-0.1, -0.05) is 0 Å². The Balaban J connectivity index is 1.65. The maximum Gasteiger partial charge on any atom is 0.318 e. The van der Waals surface area contributed by atoms with Gasteiger partial charge in [-0.3, -0.25) is 0 Å². The first-order chi connectivity index (χ1) is 9.29. The first-order valence-corrected chi connectivity index (χ1v) is 7.75. The monoisotopic (exact) mass is 281 g/mol. The fraction of sp³-hybridized carbons (Fsp3) is 0.692. The van der Waals surface area contributed by atoms with Crippen LogP contribution in [0.15, 0.2) is 11.6 Å². The number of aliphatic hydroxyl groups is 1. The quantitative estimate of drug-likeness (QED) is 0.835. The number of urea groups is 1. The van der Waals surface area contributed by atoms with E-state index in [1.54, 1.807) is 22.4 Å². The van der Waals surface area contributed by atoms with E-state index in [1.165, 1.54) is 0 Å². The van der Waals surface area contributed by atoms with E-state index in [1.807, 2.05) is 5.38 Å². The number of rotatable bonds is 6. The van der Waals surface area contributed by atoms with Crippen molar-refractivity contribution in [3.8, 4) is 0 Å². The van der Waals surface area contributed by atoms with Gasteiger partial charge < -0.3 is 15.3 Å². The molecule has 2 aliphatic rings. The molecule has 0 bridgehead atoms. The molecule has 2 N–H and O–H groups in total. The van der Waals surface area contributed by atoms with Crippen LogP contribution in [0.25, 0.3) is 0 Å². The average molecular weight is 281 g/mol. The summed E-state index contributed by atoms with van der Waals surface area (Å²) >= 11 is 1.60. The minimum atomic E-state index is -0.0522. The lowest BCUT2D eigenvalue weighted by atomic mass is 10.2. The molecule has 6 heteroatoms. The Hall–Kier alpha value is -1.14. The van der Waals surface area contributed by atoms with Crippen LogP contribution in [0.2, 0.25) is 0 Å². The van der Waals surface area contributed by atoms with Gasteiger partial charge >= 0.3 is 6.03 Å². The number of thiazole rings is 1. The Bertz CT molecular complexity index is 429. The molecule has 2 saturated carbocycles. The molecule has 2 fully saturated rings. The molecule has 1 atom stereocenters. The van der Waals surface area contributed by atoms with Gasteiger partial charge in [-0.25, -0.2) is 9.78 Å². The van der Waals surface area contributed by atoms with Crippen molar-refractivity contribution in [2.75, 3.05) is 13.2 Å². The molecular weight excluding hydrogens is 262 g/mol. The van der Waals surface area contributed by atoms with E-state index in [0.29, 0.717) is 18.5 Å². The first kappa shape index (κ1) is 12.9. The molecule has 1 heterocycles. The van der Waals surface area contributed by atoms with Gasteiger partial charge in [-0.2, -0.15) is 0 Å². The zero-order chi connectivity index (χ0) is 13.2. The van der Waals surface area contributed by atoms with E-state index in [4.69, 9.17) is 5.11 Å². The van der Waals surface area contributed by atoms with E-state index < -0.39 is 0 Å². The Kier molecular flexibility index (Phi) is 3.70. The fourth-order valence-corrected chi connectivity index (χ4v) is 3.14. The molecule has 0 spiro atoms. The molecule has 0 aromatic carbocycles. The summed E-state index contributed by atoms with van der Waals surface area (Å²) in [5.41, 5.74) is 0. The normalized spacial score (nSPS) is 20.1. The SMILES string of the molecule is O=C(N[C@@H](c1nccs1)C1CC1)N(CCO)C1CC1. The van der Waals surface area contributed by atoms with E-state index in [-0.39, 0.29) is 18.7 Å². The highest BCUT2D eigenvalue weighted by molar-refractivity contribution is 7.09.